The molecule has 0 bridgehead atoms. The number of benzene rings is 1. The molecule has 0 radical (unpaired) electrons. The number of carboxylic acids is 1. The predicted octanol–water partition coefficient (Wildman–Crippen LogP) is 3.59. The number of nitrogens with zero attached hydrogens (tertiary/aromatic N) is 1. The van der Waals surface area contributed by atoms with Gasteiger partial charge in [-0.2, -0.15) is 0 Å². The first-order valence-corrected chi connectivity index (χ1v) is 11.8. The molecule has 2 aliphatic rings. The minimum absolute atomic E-state index is 0.0662. The van der Waals surface area contributed by atoms with E-state index in [-0.39, 0.29) is 18.2 Å². The quantitative estimate of drug-likeness (QED) is 0.607. The van der Waals surface area contributed by atoms with Crippen LogP contribution in [0.3, 0.4) is 0 Å². The molecule has 1 aromatic carbocycles. The van der Waals surface area contributed by atoms with Crippen LogP contribution < -0.4 is 14.2 Å². The number of carbonyl (C=O) groups is 2. The van der Waals surface area contributed by atoms with Crippen molar-refractivity contribution in [1.29, 1.82) is 0 Å². The van der Waals surface area contributed by atoms with Crippen LogP contribution in [0.5, 0.6) is 17.2 Å². The maximum absolute atomic E-state index is 14.2. The Morgan fingerprint density at radius 3 is 2.09 bits per heavy atom. The number of aliphatic hydroxyl groups is 1. The smallest absolute Gasteiger partial charge is 0.332 e. The predicted molar refractivity (Wildman–Crippen MR) is 123 cm³/mol. The van der Waals surface area contributed by atoms with Gasteiger partial charge in [-0.1, -0.05) is 19.3 Å². The van der Waals surface area contributed by atoms with Crippen LogP contribution in [0, 0.1) is 5.92 Å². The van der Waals surface area contributed by atoms with Crippen LogP contribution in [-0.2, 0) is 9.59 Å². The van der Waals surface area contributed by atoms with E-state index in [0.717, 1.165) is 37.7 Å². The number of piperidine rings is 1. The van der Waals surface area contributed by atoms with Crippen LogP contribution in [0.15, 0.2) is 12.1 Å². The zero-order valence-corrected chi connectivity index (χ0v) is 20.1. The fourth-order valence-electron chi connectivity index (χ4n) is 5.67. The Labute approximate surface area is 195 Å². The number of rotatable bonds is 8. The number of amides is 1. The van der Waals surface area contributed by atoms with E-state index in [0.29, 0.717) is 36.6 Å². The van der Waals surface area contributed by atoms with Crippen LogP contribution in [0.4, 0.5) is 0 Å². The molecule has 33 heavy (non-hydrogen) atoms. The number of hydrogen-bond acceptors (Lipinski definition) is 6. The van der Waals surface area contributed by atoms with Crippen molar-refractivity contribution in [3.05, 3.63) is 17.7 Å². The van der Waals surface area contributed by atoms with E-state index in [1.54, 1.807) is 12.1 Å². The average Bonchev–Trinajstić information content (AvgIpc) is 2.83. The lowest BCUT2D eigenvalue weighted by atomic mass is 9.74. The monoisotopic (exact) mass is 463 g/mol. The lowest BCUT2D eigenvalue weighted by molar-refractivity contribution is -0.173. The van der Waals surface area contributed by atoms with Crippen molar-refractivity contribution in [2.75, 3.05) is 27.9 Å². The zero-order chi connectivity index (χ0) is 24.2. The van der Waals surface area contributed by atoms with Gasteiger partial charge in [0.05, 0.1) is 33.4 Å². The third-order valence-electron chi connectivity index (χ3n) is 7.43. The van der Waals surface area contributed by atoms with Gasteiger partial charge in [-0.05, 0) is 62.6 Å². The van der Waals surface area contributed by atoms with E-state index in [1.807, 2.05) is 0 Å². The topological polar surface area (TPSA) is 106 Å². The average molecular weight is 464 g/mol. The number of aliphatic hydroxyl groups excluding tert-OH is 1. The second-order valence-corrected chi connectivity index (χ2v) is 9.19. The maximum atomic E-state index is 14.2. The van der Waals surface area contributed by atoms with Gasteiger partial charge in [-0.15, -0.1) is 0 Å². The molecule has 1 saturated carbocycles. The standard InChI is InChI=1S/C25H37NO7/c1-16(27)25(24(29)30)12-8-9-13-26(25)23(28)21(17-10-6-5-7-11-17)18-14-19(31-2)22(33-4)20(15-18)32-3/h14-17,21,27H,5-13H2,1-4H3,(H,29,30)/t16?,21-,25-/m0/s1. The lowest BCUT2D eigenvalue weighted by Gasteiger charge is -2.48. The van der Waals surface area contributed by atoms with Crippen LogP contribution in [0.2, 0.25) is 0 Å². The fourth-order valence-corrected chi connectivity index (χ4v) is 5.67. The first-order valence-electron chi connectivity index (χ1n) is 11.8. The summed E-state index contributed by atoms with van der Waals surface area (Å²) >= 11 is 0. The molecule has 1 aliphatic carbocycles. The number of carboxylic acid groups (broad SMARTS) is 1. The summed E-state index contributed by atoms with van der Waals surface area (Å²) in [7, 11) is 4.60. The van der Waals surface area contributed by atoms with Gasteiger partial charge in [0, 0.05) is 6.54 Å². The van der Waals surface area contributed by atoms with E-state index in [2.05, 4.69) is 0 Å². The number of likely N-dealkylation sites (tertiary alicyclic amines) is 1. The van der Waals surface area contributed by atoms with Crippen LogP contribution in [-0.4, -0.2) is 66.5 Å². The maximum Gasteiger partial charge on any atom is 0.332 e. The summed E-state index contributed by atoms with van der Waals surface area (Å²) in [6, 6.07) is 3.60. The molecule has 2 N–H and O–H groups in total. The molecule has 2 fully saturated rings. The SMILES string of the molecule is COc1cc([C@@H](C(=O)N2CCCC[C@@]2(C(=O)O)C(C)O)C2CCCCC2)cc(OC)c1OC. The van der Waals surface area contributed by atoms with E-state index >= 15 is 0 Å². The molecule has 0 aromatic heterocycles. The van der Waals surface area contributed by atoms with Crippen molar-refractivity contribution in [3.8, 4) is 17.2 Å². The fraction of sp³-hybridized carbons (Fsp3) is 0.680. The summed E-state index contributed by atoms with van der Waals surface area (Å²) in [5, 5.41) is 20.7. The molecule has 8 heteroatoms. The molecule has 1 aromatic rings. The van der Waals surface area contributed by atoms with Crippen molar-refractivity contribution in [2.45, 2.75) is 75.9 Å². The third kappa shape index (κ3) is 4.63. The van der Waals surface area contributed by atoms with Gasteiger partial charge in [-0.3, -0.25) is 4.79 Å². The number of aliphatic carboxylic acids is 1. The molecule has 8 nitrogen and oxygen atoms in total. The van der Waals surface area contributed by atoms with E-state index in [4.69, 9.17) is 14.2 Å². The Morgan fingerprint density at radius 1 is 1.00 bits per heavy atom. The second-order valence-electron chi connectivity index (χ2n) is 9.19. The van der Waals surface area contributed by atoms with Crippen molar-refractivity contribution < 1.29 is 34.0 Å². The molecular formula is C25H37NO7. The van der Waals surface area contributed by atoms with E-state index in [9.17, 15) is 19.8 Å². The van der Waals surface area contributed by atoms with Gasteiger partial charge < -0.3 is 29.3 Å². The highest BCUT2D eigenvalue weighted by Crippen LogP contribution is 2.46. The summed E-state index contributed by atoms with van der Waals surface area (Å²) in [4.78, 5) is 28.1. The van der Waals surface area contributed by atoms with Gasteiger partial charge in [0.15, 0.2) is 17.0 Å². The third-order valence-corrected chi connectivity index (χ3v) is 7.43. The molecule has 0 spiro atoms. The molecule has 1 unspecified atom stereocenters. The van der Waals surface area contributed by atoms with Gasteiger partial charge in [0.25, 0.3) is 0 Å². The van der Waals surface area contributed by atoms with Crippen LogP contribution >= 0.6 is 0 Å². The molecule has 1 aliphatic heterocycles. The summed E-state index contributed by atoms with van der Waals surface area (Å²) in [5.41, 5.74) is -0.903. The highest BCUT2D eigenvalue weighted by Gasteiger charge is 2.53. The molecule has 1 amide bonds. The van der Waals surface area contributed by atoms with Crippen molar-refractivity contribution >= 4 is 11.9 Å². The Morgan fingerprint density at radius 2 is 1.61 bits per heavy atom. The summed E-state index contributed by atoms with van der Waals surface area (Å²) in [5.74, 6) is -0.540. The number of ether oxygens (including phenoxy) is 3. The Hall–Kier alpha value is -2.48. The number of carbonyl (C=O) groups excluding carboxylic acids is 1. The van der Waals surface area contributed by atoms with Crippen molar-refractivity contribution in [1.82, 2.24) is 4.90 Å². The van der Waals surface area contributed by atoms with E-state index in [1.165, 1.54) is 33.2 Å². The van der Waals surface area contributed by atoms with E-state index < -0.39 is 23.5 Å². The zero-order valence-electron chi connectivity index (χ0n) is 20.1. The normalized spacial score (nSPS) is 23.5. The molecule has 1 heterocycles. The van der Waals surface area contributed by atoms with Gasteiger partial charge in [0.1, 0.15) is 0 Å². The molecule has 184 valence electrons. The minimum Gasteiger partial charge on any atom is -0.493 e. The first-order chi connectivity index (χ1) is 15.8. The Kier molecular flexibility index (Phi) is 8.10. The van der Waals surface area contributed by atoms with Gasteiger partial charge in [-0.25, -0.2) is 4.79 Å². The largest absolute Gasteiger partial charge is 0.493 e. The van der Waals surface area contributed by atoms with Crippen molar-refractivity contribution in [2.24, 2.45) is 5.92 Å². The number of hydrogen-bond donors (Lipinski definition) is 2. The highest BCUT2D eigenvalue weighted by atomic mass is 16.5. The highest BCUT2D eigenvalue weighted by molar-refractivity contribution is 5.91. The molecule has 1 saturated heterocycles. The molecule has 3 rings (SSSR count). The molecular weight excluding hydrogens is 426 g/mol. The number of methoxy groups -OCH3 is 3. The summed E-state index contributed by atoms with van der Waals surface area (Å²) in [6.45, 7) is 1.78. The van der Waals surface area contributed by atoms with Crippen LogP contribution in [0.1, 0.15) is 69.8 Å². The molecule has 3 atom stereocenters. The minimum atomic E-state index is -1.62. The first kappa shape index (κ1) is 25.1. The Balaban J connectivity index is 2.13. The summed E-state index contributed by atoms with van der Waals surface area (Å²) < 4.78 is 16.5. The lowest BCUT2D eigenvalue weighted by Crippen LogP contribution is -2.66. The van der Waals surface area contributed by atoms with Crippen LogP contribution in [0.25, 0.3) is 0 Å². The second kappa shape index (κ2) is 10.6. The van der Waals surface area contributed by atoms with Gasteiger partial charge >= 0.3 is 5.97 Å². The Bertz CT molecular complexity index is 824. The van der Waals surface area contributed by atoms with Crippen molar-refractivity contribution in [3.63, 3.8) is 0 Å². The van der Waals surface area contributed by atoms with Gasteiger partial charge in [0.2, 0.25) is 11.7 Å². The summed E-state index contributed by atoms with van der Waals surface area (Å²) in [6.07, 6.45) is 5.36.